The van der Waals surface area contributed by atoms with Gasteiger partial charge in [0.25, 0.3) is 0 Å². The molecule has 0 heterocycles. The quantitative estimate of drug-likeness (QED) is 0.858. The third-order valence-electron chi connectivity index (χ3n) is 2.27. The molecule has 0 aromatic heterocycles. The van der Waals surface area contributed by atoms with E-state index < -0.39 is 11.7 Å². The second-order valence-corrected chi connectivity index (χ2v) is 3.80. The van der Waals surface area contributed by atoms with Crippen LogP contribution in [-0.4, -0.2) is 12.6 Å². The van der Waals surface area contributed by atoms with Crippen LogP contribution in [0.2, 0.25) is 0 Å². The molecule has 0 radical (unpaired) electrons. The summed E-state index contributed by atoms with van der Waals surface area (Å²) in [6.45, 7) is 2.70. The molecule has 0 aliphatic heterocycles. The van der Waals surface area contributed by atoms with Gasteiger partial charge in [0.1, 0.15) is 0 Å². The number of urea groups is 1. The average Bonchev–Trinajstić information content (AvgIpc) is 2.33. The maximum Gasteiger partial charge on any atom is 0.416 e. The minimum absolute atomic E-state index is 0.202. The smallest absolute Gasteiger partial charge is 0.338 e. The Balaban J connectivity index is 2.47. The Morgan fingerprint density at radius 3 is 2.28 bits per heavy atom. The number of hydrogen-bond donors (Lipinski definition) is 2. The molecule has 2 N–H and O–H groups in total. The Morgan fingerprint density at radius 1 is 1.17 bits per heavy atom. The third-order valence-corrected chi connectivity index (χ3v) is 2.27. The van der Waals surface area contributed by atoms with Gasteiger partial charge in [0.05, 0.1) is 5.56 Å². The molecule has 1 aromatic rings. The second-order valence-electron chi connectivity index (χ2n) is 3.80. The maximum atomic E-state index is 12.3. The van der Waals surface area contributed by atoms with E-state index in [0.717, 1.165) is 18.6 Å². The normalized spacial score (nSPS) is 11.1. The van der Waals surface area contributed by atoms with Gasteiger partial charge in [-0.05, 0) is 24.1 Å². The first kappa shape index (κ1) is 14.3. The van der Waals surface area contributed by atoms with Crippen molar-refractivity contribution in [2.45, 2.75) is 26.1 Å². The van der Waals surface area contributed by atoms with Crippen LogP contribution < -0.4 is 10.6 Å². The summed E-state index contributed by atoms with van der Waals surface area (Å²) in [7, 11) is 0. The number of carbonyl (C=O) groups is 1. The summed E-state index contributed by atoms with van der Waals surface area (Å²) in [5.41, 5.74) is -0.0728. The molecule has 100 valence electrons. The number of benzene rings is 1. The zero-order valence-electron chi connectivity index (χ0n) is 9.97. The van der Waals surface area contributed by atoms with E-state index in [4.69, 9.17) is 0 Å². The van der Waals surface area contributed by atoms with Crippen LogP contribution in [0.25, 0.3) is 0 Å². The highest BCUT2D eigenvalue weighted by Crippen LogP contribution is 2.28. The lowest BCUT2D eigenvalue weighted by Gasteiger charge is -2.09. The molecule has 1 aromatic carbocycles. The van der Waals surface area contributed by atoms with Gasteiger partial charge in [-0.2, -0.15) is 13.2 Å². The fourth-order valence-corrected chi connectivity index (χ4v) is 1.29. The summed E-state index contributed by atoms with van der Waals surface area (Å²) in [6, 6.07) is 4.38. The van der Waals surface area contributed by atoms with Gasteiger partial charge in [-0.15, -0.1) is 0 Å². The van der Waals surface area contributed by atoms with Gasteiger partial charge < -0.3 is 10.6 Å². The maximum absolute atomic E-state index is 12.3. The first-order chi connectivity index (χ1) is 8.43. The molecule has 0 aliphatic rings. The van der Waals surface area contributed by atoms with Crippen molar-refractivity contribution in [3.05, 3.63) is 35.4 Å². The summed E-state index contributed by atoms with van der Waals surface area (Å²) in [5.74, 6) is 0. The molecular weight excluding hydrogens is 245 g/mol. The summed E-state index contributed by atoms with van der Waals surface area (Å²) in [4.78, 5) is 11.2. The lowest BCUT2D eigenvalue weighted by atomic mass is 10.1. The lowest BCUT2D eigenvalue weighted by molar-refractivity contribution is -0.137. The van der Waals surface area contributed by atoms with Crippen LogP contribution in [0.1, 0.15) is 24.5 Å². The monoisotopic (exact) mass is 260 g/mol. The fourth-order valence-electron chi connectivity index (χ4n) is 1.29. The van der Waals surface area contributed by atoms with Crippen molar-refractivity contribution in [3.8, 4) is 0 Å². The Bertz CT molecular complexity index is 387. The molecular formula is C12H15F3N2O. The van der Waals surface area contributed by atoms with Gasteiger partial charge in [-0.3, -0.25) is 0 Å². The van der Waals surface area contributed by atoms with Crippen molar-refractivity contribution in [3.63, 3.8) is 0 Å². The molecule has 0 unspecified atom stereocenters. The molecule has 3 nitrogen and oxygen atoms in total. The van der Waals surface area contributed by atoms with E-state index in [1.54, 1.807) is 0 Å². The molecule has 1 rings (SSSR count). The van der Waals surface area contributed by atoms with E-state index in [9.17, 15) is 18.0 Å². The minimum atomic E-state index is -4.33. The molecule has 0 fully saturated rings. The zero-order valence-corrected chi connectivity index (χ0v) is 9.97. The van der Waals surface area contributed by atoms with Crippen molar-refractivity contribution in [1.29, 1.82) is 0 Å². The molecule has 0 spiro atoms. The van der Waals surface area contributed by atoms with Crippen molar-refractivity contribution in [1.82, 2.24) is 10.6 Å². The average molecular weight is 260 g/mol. The van der Waals surface area contributed by atoms with Crippen LogP contribution in [0.4, 0.5) is 18.0 Å². The highest BCUT2D eigenvalue weighted by molar-refractivity contribution is 5.73. The molecule has 0 bridgehead atoms. The number of carbonyl (C=O) groups excluding carboxylic acids is 1. The van der Waals surface area contributed by atoms with E-state index in [0.29, 0.717) is 12.1 Å². The molecule has 18 heavy (non-hydrogen) atoms. The van der Waals surface area contributed by atoms with Crippen molar-refractivity contribution < 1.29 is 18.0 Å². The Labute approximate surface area is 103 Å². The second kappa shape index (κ2) is 6.28. The number of nitrogens with one attached hydrogen (secondary N) is 2. The van der Waals surface area contributed by atoms with Crippen molar-refractivity contribution in [2.75, 3.05) is 6.54 Å². The highest BCUT2D eigenvalue weighted by Gasteiger charge is 2.29. The summed E-state index contributed by atoms with van der Waals surface area (Å²) in [5, 5.41) is 5.17. The van der Waals surface area contributed by atoms with Gasteiger partial charge in [-0.25, -0.2) is 4.79 Å². The van der Waals surface area contributed by atoms with Crippen molar-refractivity contribution in [2.24, 2.45) is 0 Å². The molecule has 0 saturated heterocycles. The third kappa shape index (κ3) is 4.65. The van der Waals surface area contributed by atoms with Crippen LogP contribution in [0, 0.1) is 0 Å². The van der Waals surface area contributed by atoms with Crippen LogP contribution >= 0.6 is 0 Å². The number of amides is 2. The summed E-state index contributed by atoms with van der Waals surface area (Å²) in [6.07, 6.45) is -3.50. The largest absolute Gasteiger partial charge is 0.416 e. The molecule has 0 atom stereocenters. The number of alkyl halides is 3. The number of halogens is 3. The molecule has 0 saturated carbocycles. The topological polar surface area (TPSA) is 41.1 Å². The first-order valence-electron chi connectivity index (χ1n) is 5.61. The van der Waals surface area contributed by atoms with Gasteiger partial charge >= 0.3 is 12.2 Å². The fraction of sp³-hybridized carbons (Fsp3) is 0.417. The van der Waals surface area contributed by atoms with Crippen molar-refractivity contribution >= 4 is 6.03 Å². The molecule has 2 amide bonds. The molecule has 6 heteroatoms. The highest BCUT2D eigenvalue weighted by atomic mass is 19.4. The van der Waals surface area contributed by atoms with E-state index in [1.807, 2.05) is 6.92 Å². The van der Waals surface area contributed by atoms with E-state index in [2.05, 4.69) is 10.6 Å². The predicted molar refractivity (Wildman–Crippen MR) is 62.0 cm³/mol. The van der Waals surface area contributed by atoms with E-state index in [1.165, 1.54) is 12.1 Å². The minimum Gasteiger partial charge on any atom is -0.338 e. The standard InChI is InChI=1S/C12H15F3N2O/c1-2-7-16-11(18)17-8-9-3-5-10(6-4-9)12(13,14)15/h3-6H,2,7-8H2,1H3,(H2,16,17,18). The van der Waals surface area contributed by atoms with E-state index in [-0.39, 0.29) is 12.6 Å². The Morgan fingerprint density at radius 2 is 1.78 bits per heavy atom. The number of rotatable bonds is 4. The Hall–Kier alpha value is -1.72. The number of hydrogen-bond acceptors (Lipinski definition) is 1. The summed E-state index contributed by atoms with van der Waals surface area (Å²) >= 11 is 0. The van der Waals surface area contributed by atoms with E-state index >= 15 is 0 Å². The first-order valence-corrected chi connectivity index (χ1v) is 5.61. The lowest BCUT2D eigenvalue weighted by Crippen LogP contribution is -2.35. The van der Waals surface area contributed by atoms with Crippen LogP contribution in [-0.2, 0) is 12.7 Å². The van der Waals surface area contributed by atoms with Crippen LogP contribution in [0.15, 0.2) is 24.3 Å². The van der Waals surface area contributed by atoms with Crippen LogP contribution in [0.5, 0.6) is 0 Å². The SMILES string of the molecule is CCCNC(=O)NCc1ccc(C(F)(F)F)cc1. The zero-order chi connectivity index (χ0) is 13.6. The van der Waals surface area contributed by atoms with Crippen LogP contribution in [0.3, 0.4) is 0 Å². The predicted octanol–water partition coefficient (Wildman–Crippen LogP) is 2.91. The molecule has 0 aliphatic carbocycles. The summed E-state index contributed by atoms with van der Waals surface area (Å²) < 4.78 is 36.9. The van der Waals surface area contributed by atoms with Gasteiger partial charge in [-0.1, -0.05) is 19.1 Å². The van der Waals surface area contributed by atoms with Gasteiger partial charge in [0.2, 0.25) is 0 Å². The van der Waals surface area contributed by atoms with Gasteiger partial charge in [0, 0.05) is 13.1 Å². The van der Waals surface area contributed by atoms with Gasteiger partial charge in [0.15, 0.2) is 0 Å². The Kier molecular flexibility index (Phi) is 5.00.